The summed E-state index contributed by atoms with van der Waals surface area (Å²) in [7, 11) is 0. The van der Waals surface area contributed by atoms with E-state index in [1.54, 1.807) is 11.8 Å². The summed E-state index contributed by atoms with van der Waals surface area (Å²) >= 11 is 1.72. The fourth-order valence-electron chi connectivity index (χ4n) is 1.72. The summed E-state index contributed by atoms with van der Waals surface area (Å²) in [5, 5.41) is 0. The average Bonchev–Trinajstić information content (AvgIpc) is 2.40. The first kappa shape index (κ1) is 13.0. The summed E-state index contributed by atoms with van der Waals surface area (Å²) in [6.07, 6.45) is 2.06. The number of thioether (sulfide) groups is 1. The third-order valence-electron chi connectivity index (χ3n) is 2.70. The summed E-state index contributed by atoms with van der Waals surface area (Å²) in [5.74, 6) is 1.66. The molecule has 0 radical (unpaired) electrons. The molecule has 2 aromatic rings. The molecule has 0 aliphatic heterocycles. The van der Waals surface area contributed by atoms with Crippen molar-refractivity contribution in [3.8, 4) is 11.5 Å². The fraction of sp³-hybridized carbons (Fsp3) is 0.200. The van der Waals surface area contributed by atoms with Gasteiger partial charge in [0.15, 0.2) is 0 Å². The molecule has 0 aromatic heterocycles. The molecule has 0 spiro atoms. The van der Waals surface area contributed by atoms with Gasteiger partial charge in [0.1, 0.15) is 11.5 Å². The molecule has 0 amide bonds. The van der Waals surface area contributed by atoms with Crippen LogP contribution in [0.25, 0.3) is 0 Å². The molecule has 3 heteroatoms. The molecular weight excluding hydrogens is 242 g/mol. The van der Waals surface area contributed by atoms with Gasteiger partial charge in [0.05, 0.1) is 0 Å². The van der Waals surface area contributed by atoms with E-state index in [2.05, 4.69) is 18.4 Å². The SMILES string of the molecule is CSc1ccc(Oc2ccccc2[C@H](C)N)cc1. The van der Waals surface area contributed by atoms with E-state index in [4.69, 9.17) is 10.5 Å². The highest BCUT2D eigenvalue weighted by atomic mass is 32.2. The second-order valence-corrected chi connectivity index (χ2v) is 4.98. The zero-order valence-electron chi connectivity index (χ0n) is 10.6. The Hall–Kier alpha value is -1.45. The third-order valence-corrected chi connectivity index (χ3v) is 3.44. The maximum atomic E-state index is 5.93. The van der Waals surface area contributed by atoms with E-state index in [-0.39, 0.29) is 6.04 Å². The van der Waals surface area contributed by atoms with E-state index in [0.29, 0.717) is 0 Å². The van der Waals surface area contributed by atoms with Gasteiger partial charge in [0, 0.05) is 16.5 Å². The standard InChI is InChI=1S/C15H17NOS/c1-11(16)14-5-3-4-6-15(14)17-12-7-9-13(18-2)10-8-12/h3-11H,16H2,1-2H3/t11-/m0/s1. The minimum Gasteiger partial charge on any atom is -0.457 e. The van der Waals surface area contributed by atoms with Crippen molar-refractivity contribution in [3.05, 3.63) is 54.1 Å². The summed E-state index contributed by atoms with van der Waals surface area (Å²) < 4.78 is 5.88. The Morgan fingerprint density at radius 1 is 1.06 bits per heavy atom. The van der Waals surface area contributed by atoms with Gasteiger partial charge >= 0.3 is 0 Å². The molecular formula is C15H17NOS. The zero-order chi connectivity index (χ0) is 13.0. The second-order valence-electron chi connectivity index (χ2n) is 4.10. The summed E-state index contributed by atoms with van der Waals surface area (Å²) in [6.45, 7) is 1.96. The normalized spacial score (nSPS) is 12.2. The minimum atomic E-state index is -0.0355. The van der Waals surface area contributed by atoms with Crippen molar-refractivity contribution in [2.75, 3.05) is 6.26 Å². The van der Waals surface area contributed by atoms with Crippen LogP contribution in [-0.4, -0.2) is 6.26 Å². The molecule has 0 heterocycles. The van der Waals surface area contributed by atoms with Crippen LogP contribution < -0.4 is 10.5 Å². The predicted molar refractivity (Wildman–Crippen MR) is 77.3 cm³/mol. The number of para-hydroxylation sites is 1. The smallest absolute Gasteiger partial charge is 0.132 e. The molecule has 0 aliphatic rings. The number of nitrogens with two attached hydrogens (primary N) is 1. The Labute approximate surface area is 112 Å². The molecule has 1 atom stereocenters. The molecule has 2 N–H and O–H groups in total. The van der Waals surface area contributed by atoms with Crippen LogP contribution in [0.1, 0.15) is 18.5 Å². The van der Waals surface area contributed by atoms with E-state index in [0.717, 1.165) is 17.1 Å². The lowest BCUT2D eigenvalue weighted by Crippen LogP contribution is -2.06. The molecule has 2 nitrogen and oxygen atoms in total. The van der Waals surface area contributed by atoms with Gasteiger partial charge in [-0.1, -0.05) is 18.2 Å². The van der Waals surface area contributed by atoms with Crippen molar-refractivity contribution in [1.82, 2.24) is 0 Å². The van der Waals surface area contributed by atoms with Gasteiger partial charge in [-0.3, -0.25) is 0 Å². The van der Waals surface area contributed by atoms with Crippen molar-refractivity contribution in [2.24, 2.45) is 5.73 Å². The molecule has 0 saturated carbocycles. The first-order valence-corrected chi connectivity index (χ1v) is 7.09. The van der Waals surface area contributed by atoms with Crippen molar-refractivity contribution >= 4 is 11.8 Å². The van der Waals surface area contributed by atoms with Crippen LogP contribution in [0.3, 0.4) is 0 Å². The molecule has 0 aliphatic carbocycles. The predicted octanol–water partition coefficient (Wildman–Crippen LogP) is 4.22. The van der Waals surface area contributed by atoms with Gasteiger partial charge in [0.2, 0.25) is 0 Å². The number of hydrogen-bond donors (Lipinski definition) is 1. The largest absolute Gasteiger partial charge is 0.457 e. The van der Waals surface area contributed by atoms with E-state index in [9.17, 15) is 0 Å². The molecule has 2 aromatic carbocycles. The van der Waals surface area contributed by atoms with Crippen molar-refractivity contribution in [2.45, 2.75) is 17.9 Å². The van der Waals surface area contributed by atoms with Crippen LogP contribution in [0.2, 0.25) is 0 Å². The highest BCUT2D eigenvalue weighted by Gasteiger charge is 2.07. The topological polar surface area (TPSA) is 35.2 Å². The number of hydrogen-bond acceptors (Lipinski definition) is 3. The van der Waals surface area contributed by atoms with Gasteiger partial charge < -0.3 is 10.5 Å². The lowest BCUT2D eigenvalue weighted by Gasteiger charge is -2.13. The maximum Gasteiger partial charge on any atom is 0.132 e. The van der Waals surface area contributed by atoms with Crippen molar-refractivity contribution < 1.29 is 4.74 Å². The quantitative estimate of drug-likeness (QED) is 0.835. The first-order valence-electron chi connectivity index (χ1n) is 5.87. The lowest BCUT2D eigenvalue weighted by molar-refractivity contribution is 0.471. The van der Waals surface area contributed by atoms with Crippen LogP contribution in [0.15, 0.2) is 53.4 Å². The molecule has 94 valence electrons. The maximum absolute atomic E-state index is 5.93. The van der Waals surface area contributed by atoms with Gasteiger partial charge in [-0.15, -0.1) is 11.8 Å². The fourth-order valence-corrected chi connectivity index (χ4v) is 2.13. The summed E-state index contributed by atoms with van der Waals surface area (Å²) in [6, 6.07) is 15.9. The Morgan fingerprint density at radius 3 is 2.33 bits per heavy atom. The summed E-state index contributed by atoms with van der Waals surface area (Å²) in [4.78, 5) is 1.22. The highest BCUT2D eigenvalue weighted by molar-refractivity contribution is 7.98. The first-order chi connectivity index (χ1) is 8.70. The van der Waals surface area contributed by atoms with Crippen LogP contribution in [-0.2, 0) is 0 Å². The Bertz CT molecular complexity index is 508. The van der Waals surface area contributed by atoms with Crippen molar-refractivity contribution in [1.29, 1.82) is 0 Å². The van der Waals surface area contributed by atoms with E-state index >= 15 is 0 Å². The van der Waals surface area contributed by atoms with Crippen LogP contribution in [0.5, 0.6) is 11.5 Å². The van der Waals surface area contributed by atoms with E-state index in [1.807, 2.05) is 43.3 Å². The minimum absolute atomic E-state index is 0.0355. The molecule has 0 fully saturated rings. The van der Waals surface area contributed by atoms with Crippen molar-refractivity contribution in [3.63, 3.8) is 0 Å². The lowest BCUT2D eigenvalue weighted by atomic mass is 10.1. The number of ether oxygens (including phenoxy) is 1. The second kappa shape index (κ2) is 5.94. The van der Waals surface area contributed by atoms with Gasteiger partial charge in [-0.05, 0) is 43.5 Å². The van der Waals surface area contributed by atoms with E-state index in [1.165, 1.54) is 4.90 Å². The molecule has 0 saturated heterocycles. The highest BCUT2D eigenvalue weighted by Crippen LogP contribution is 2.29. The van der Waals surface area contributed by atoms with Crippen LogP contribution in [0.4, 0.5) is 0 Å². The Kier molecular flexibility index (Phi) is 4.28. The number of rotatable bonds is 4. The molecule has 2 rings (SSSR count). The molecule has 0 bridgehead atoms. The van der Waals surface area contributed by atoms with Crippen LogP contribution >= 0.6 is 11.8 Å². The Balaban J connectivity index is 2.22. The molecule has 18 heavy (non-hydrogen) atoms. The summed E-state index contributed by atoms with van der Waals surface area (Å²) in [5.41, 5.74) is 6.95. The zero-order valence-corrected chi connectivity index (χ0v) is 11.4. The monoisotopic (exact) mass is 259 g/mol. The average molecular weight is 259 g/mol. The third kappa shape index (κ3) is 3.06. The van der Waals surface area contributed by atoms with E-state index < -0.39 is 0 Å². The van der Waals surface area contributed by atoms with Gasteiger partial charge in [-0.2, -0.15) is 0 Å². The Morgan fingerprint density at radius 2 is 1.72 bits per heavy atom. The van der Waals surface area contributed by atoms with Gasteiger partial charge in [-0.25, -0.2) is 0 Å². The molecule has 0 unspecified atom stereocenters. The van der Waals surface area contributed by atoms with Gasteiger partial charge in [0.25, 0.3) is 0 Å². The van der Waals surface area contributed by atoms with Crippen LogP contribution in [0, 0.1) is 0 Å². The number of benzene rings is 2.